The molecule has 0 unspecified atom stereocenters. The topological polar surface area (TPSA) is 116 Å². The van der Waals surface area contributed by atoms with Gasteiger partial charge in [0, 0.05) is 11.6 Å². The number of nitrogens with zero attached hydrogens (tertiary/aromatic N) is 4. The number of nitrogens with one attached hydrogen (secondary N) is 1. The van der Waals surface area contributed by atoms with Crippen molar-refractivity contribution in [1.82, 2.24) is 19.1 Å². The summed E-state index contributed by atoms with van der Waals surface area (Å²) >= 11 is 0. The minimum absolute atomic E-state index is 0.152. The van der Waals surface area contributed by atoms with Gasteiger partial charge in [-0.2, -0.15) is 0 Å². The predicted molar refractivity (Wildman–Crippen MR) is 103 cm³/mol. The number of nitro benzene ring substituents is 1. The van der Waals surface area contributed by atoms with Gasteiger partial charge in [-0.05, 0) is 18.6 Å². The number of aromatic amines is 1. The van der Waals surface area contributed by atoms with Crippen molar-refractivity contribution in [3.8, 4) is 5.69 Å². The summed E-state index contributed by atoms with van der Waals surface area (Å²) in [6.07, 6.45) is 1.34. The monoisotopic (exact) mass is 377 g/mol. The quantitative estimate of drug-likeness (QED) is 0.432. The smallest absolute Gasteiger partial charge is 0.337 e. The van der Waals surface area contributed by atoms with Crippen LogP contribution in [0.3, 0.4) is 0 Å². The van der Waals surface area contributed by atoms with E-state index in [1.807, 2.05) is 19.1 Å². The maximum atomic E-state index is 13.2. The SMILES string of the molecule is Cc1ccccc1-n1c(=O)n(Cc2ccccc2[N+](=O)[O-])c(=O)c2[nH]cnc21. The Balaban J connectivity index is 2.02. The first kappa shape index (κ1) is 17.4. The summed E-state index contributed by atoms with van der Waals surface area (Å²) in [5.41, 5.74) is 0.690. The molecule has 2 aromatic carbocycles. The van der Waals surface area contributed by atoms with Crippen molar-refractivity contribution >= 4 is 16.9 Å². The van der Waals surface area contributed by atoms with E-state index in [4.69, 9.17) is 0 Å². The highest BCUT2D eigenvalue weighted by Gasteiger charge is 2.20. The van der Waals surface area contributed by atoms with E-state index in [0.717, 1.165) is 10.1 Å². The Morgan fingerprint density at radius 2 is 1.82 bits per heavy atom. The molecule has 0 atom stereocenters. The highest BCUT2D eigenvalue weighted by atomic mass is 16.6. The zero-order chi connectivity index (χ0) is 19.8. The number of rotatable bonds is 4. The van der Waals surface area contributed by atoms with Crippen LogP contribution in [0.5, 0.6) is 0 Å². The fraction of sp³-hybridized carbons (Fsp3) is 0.105. The van der Waals surface area contributed by atoms with Crippen LogP contribution in [0.2, 0.25) is 0 Å². The van der Waals surface area contributed by atoms with Gasteiger partial charge in [0.15, 0.2) is 5.65 Å². The fourth-order valence-electron chi connectivity index (χ4n) is 3.21. The lowest BCUT2D eigenvalue weighted by Gasteiger charge is -2.13. The van der Waals surface area contributed by atoms with E-state index in [1.54, 1.807) is 18.2 Å². The number of benzene rings is 2. The molecular formula is C19H15N5O4. The molecule has 0 bridgehead atoms. The van der Waals surface area contributed by atoms with Crippen molar-refractivity contribution in [1.29, 1.82) is 0 Å². The minimum Gasteiger partial charge on any atom is -0.339 e. The van der Waals surface area contributed by atoms with Gasteiger partial charge in [0.25, 0.3) is 11.2 Å². The standard InChI is InChI=1S/C19H15N5O4/c1-12-6-2-4-8-14(12)23-17-16(20-11-21-17)18(25)22(19(23)26)10-13-7-3-5-9-15(13)24(27)28/h2-9,11H,10H2,1H3,(H,20,21). The molecule has 0 aliphatic heterocycles. The maximum absolute atomic E-state index is 13.2. The van der Waals surface area contributed by atoms with Gasteiger partial charge in [-0.15, -0.1) is 0 Å². The molecule has 28 heavy (non-hydrogen) atoms. The van der Waals surface area contributed by atoms with Crippen molar-refractivity contribution in [3.63, 3.8) is 0 Å². The van der Waals surface area contributed by atoms with Gasteiger partial charge >= 0.3 is 5.69 Å². The number of fused-ring (bicyclic) bond motifs is 1. The third kappa shape index (κ3) is 2.69. The first-order valence-corrected chi connectivity index (χ1v) is 8.46. The van der Waals surface area contributed by atoms with Crippen molar-refractivity contribution in [2.75, 3.05) is 0 Å². The first-order valence-electron chi connectivity index (χ1n) is 8.46. The van der Waals surface area contributed by atoms with Gasteiger partial charge in [0.05, 0.1) is 23.5 Å². The van der Waals surface area contributed by atoms with Gasteiger partial charge in [-0.3, -0.25) is 19.5 Å². The van der Waals surface area contributed by atoms with E-state index in [-0.39, 0.29) is 29.0 Å². The second-order valence-corrected chi connectivity index (χ2v) is 6.28. The van der Waals surface area contributed by atoms with E-state index in [2.05, 4.69) is 9.97 Å². The molecule has 0 saturated heterocycles. The number of para-hydroxylation sites is 2. The summed E-state index contributed by atoms with van der Waals surface area (Å²) in [6, 6.07) is 13.3. The average Bonchev–Trinajstić information content (AvgIpc) is 3.16. The van der Waals surface area contributed by atoms with E-state index in [1.165, 1.54) is 29.1 Å². The number of aryl methyl sites for hydroxylation is 1. The minimum atomic E-state index is -0.614. The second-order valence-electron chi connectivity index (χ2n) is 6.28. The molecule has 2 aromatic heterocycles. The molecule has 9 nitrogen and oxygen atoms in total. The van der Waals surface area contributed by atoms with Crippen LogP contribution in [0.25, 0.3) is 16.9 Å². The molecule has 0 radical (unpaired) electrons. The van der Waals surface area contributed by atoms with E-state index in [9.17, 15) is 19.7 Å². The Morgan fingerprint density at radius 3 is 2.57 bits per heavy atom. The highest BCUT2D eigenvalue weighted by Crippen LogP contribution is 2.19. The van der Waals surface area contributed by atoms with Crippen LogP contribution in [0, 0.1) is 17.0 Å². The van der Waals surface area contributed by atoms with Crippen molar-refractivity contribution in [2.24, 2.45) is 0 Å². The summed E-state index contributed by atoms with van der Waals surface area (Å²) in [4.78, 5) is 43.8. The summed E-state index contributed by atoms with van der Waals surface area (Å²) in [5.74, 6) is 0. The average molecular weight is 377 g/mol. The summed E-state index contributed by atoms with van der Waals surface area (Å²) < 4.78 is 2.33. The molecule has 0 aliphatic rings. The molecule has 0 fully saturated rings. The van der Waals surface area contributed by atoms with E-state index < -0.39 is 16.2 Å². The lowest BCUT2D eigenvalue weighted by molar-refractivity contribution is -0.385. The van der Waals surface area contributed by atoms with Gasteiger partial charge in [-0.1, -0.05) is 36.4 Å². The summed E-state index contributed by atoms with van der Waals surface area (Å²) in [7, 11) is 0. The van der Waals surface area contributed by atoms with Crippen LogP contribution < -0.4 is 11.2 Å². The zero-order valence-corrected chi connectivity index (χ0v) is 14.8. The third-order valence-corrected chi connectivity index (χ3v) is 4.59. The molecule has 140 valence electrons. The summed E-state index contributed by atoms with van der Waals surface area (Å²) in [6.45, 7) is 1.62. The molecular weight excluding hydrogens is 362 g/mol. The van der Waals surface area contributed by atoms with Gasteiger partial charge < -0.3 is 4.98 Å². The van der Waals surface area contributed by atoms with E-state index >= 15 is 0 Å². The molecule has 0 amide bonds. The zero-order valence-electron chi connectivity index (χ0n) is 14.8. The lowest BCUT2D eigenvalue weighted by atomic mass is 10.2. The molecule has 9 heteroatoms. The van der Waals surface area contributed by atoms with Crippen LogP contribution in [0.1, 0.15) is 11.1 Å². The Kier molecular flexibility index (Phi) is 4.11. The highest BCUT2D eigenvalue weighted by molar-refractivity contribution is 5.71. The normalized spacial score (nSPS) is 11.0. The Hall–Kier alpha value is -4.01. The van der Waals surface area contributed by atoms with Crippen LogP contribution in [0.15, 0.2) is 64.4 Å². The number of hydrogen-bond donors (Lipinski definition) is 1. The van der Waals surface area contributed by atoms with Gasteiger partial charge in [-0.25, -0.2) is 14.3 Å². The molecule has 4 aromatic rings. The first-order chi connectivity index (χ1) is 13.5. The van der Waals surface area contributed by atoms with Gasteiger partial charge in [0.2, 0.25) is 0 Å². The second kappa shape index (κ2) is 6.62. The van der Waals surface area contributed by atoms with Crippen molar-refractivity contribution in [2.45, 2.75) is 13.5 Å². The van der Waals surface area contributed by atoms with Crippen molar-refractivity contribution < 1.29 is 4.92 Å². The maximum Gasteiger partial charge on any atom is 0.337 e. The molecule has 0 aliphatic carbocycles. The lowest BCUT2D eigenvalue weighted by Crippen LogP contribution is -2.40. The van der Waals surface area contributed by atoms with Crippen LogP contribution >= 0.6 is 0 Å². The number of hydrogen-bond acceptors (Lipinski definition) is 5. The van der Waals surface area contributed by atoms with Crippen LogP contribution in [-0.2, 0) is 6.54 Å². The molecule has 0 saturated carbocycles. The number of aromatic nitrogens is 4. The Morgan fingerprint density at radius 1 is 1.11 bits per heavy atom. The number of imidazole rings is 1. The van der Waals surface area contributed by atoms with Crippen molar-refractivity contribution in [3.05, 3.63) is 96.9 Å². The van der Waals surface area contributed by atoms with Crippen LogP contribution in [-0.4, -0.2) is 24.0 Å². The number of H-pyrrole nitrogens is 1. The molecule has 4 rings (SSSR count). The molecule has 2 heterocycles. The summed E-state index contributed by atoms with van der Waals surface area (Å²) in [5, 5.41) is 11.3. The Bertz CT molecular complexity index is 1330. The Labute approximate surface area is 157 Å². The third-order valence-electron chi connectivity index (χ3n) is 4.59. The van der Waals surface area contributed by atoms with Gasteiger partial charge in [0.1, 0.15) is 5.52 Å². The fourth-order valence-corrected chi connectivity index (χ4v) is 3.21. The van der Waals surface area contributed by atoms with E-state index in [0.29, 0.717) is 5.69 Å². The van der Waals surface area contributed by atoms with Crippen LogP contribution in [0.4, 0.5) is 5.69 Å². The molecule has 0 spiro atoms. The molecule has 1 N–H and O–H groups in total. The number of nitro groups is 1. The predicted octanol–water partition coefficient (Wildman–Crippen LogP) is 2.14. The largest absolute Gasteiger partial charge is 0.339 e.